The Hall–Kier alpha value is -1.61. The second-order valence-electron chi connectivity index (χ2n) is 5.29. The maximum atomic E-state index is 9.73. The van der Waals surface area contributed by atoms with Gasteiger partial charge < -0.3 is 5.11 Å². The number of hydrogen-bond acceptors (Lipinski definition) is 2. The molecule has 0 aliphatic heterocycles. The Labute approximate surface area is 121 Å². The summed E-state index contributed by atoms with van der Waals surface area (Å²) in [4.78, 5) is 0. The summed E-state index contributed by atoms with van der Waals surface area (Å²) in [6.07, 6.45) is 1.79. The molecule has 1 N–H and O–H groups in total. The lowest BCUT2D eigenvalue weighted by Gasteiger charge is -2.16. The number of hydrogen-bond donors (Lipinski definition) is 1. The number of aliphatic hydroxyl groups is 1. The zero-order valence-corrected chi connectivity index (χ0v) is 12.6. The highest BCUT2D eigenvalue weighted by Crippen LogP contribution is 2.22. The molecule has 2 rings (SSSR count). The first-order valence-corrected chi connectivity index (χ1v) is 7.40. The van der Waals surface area contributed by atoms with Crippen LogP contribution in [-0.4, -0.2) is 21.5 Å². The lowest BCUT2D eigenvalue weighted by atomic mass is 9.93. The summed E-state index contributed by atoms with van der Waals surface area (Å²) in [5.41, 5.74) is 4.78. The first-order valence-electron chi connectivity index (χ1n) is 7.40. The van der Waals surface area contributed by atoms with E-state index >= 15 is 0 Å². The number of aryl methyl sites for hydroxylation is 3. The van der Waals surface area contributed by atoms with Crippen LogP contribution in [0.25, 0.3) is 0 Å². The number of aliphatic hydroxyl groups excluding tert-OH is 1. The van der Waals surface area contributed by atoms with Crippen LogP contribution in [-0.2, 0) is 19.4 Å². The predicted molar refractivity (Wildman–Crippen MR) is 82.0 cm³/mol. The molecule has 20 heavy (non-hydrogen) atoms. The van der Waals surface area contributed by atoms with Gasteiger partial charge in [-0.15, -0.1) is 0 Å². The average molecular weight is 272 g/mol. The Morgan fingerprint density at radius 1 is 1.25 bits per heavy atom. The quantitative estimate of drug-likeness (QED) is 0.877. The highest BCUT2D eigenvalue weighted by molar-refractivity contribution is 5.27. The molecule has 108 valence electrons. The Bertz CT molecular complexity index is 560. The first kappa shape index (κ1) is 14.8. The smallest absolute Gasteiger partial charge is 0.0624 e. The van der Waals surface area contributed by atoms with Crippen LogP contribution in [0.15, 0.2) is 30.3 Å². The molecule has 0 aliphatic rings. The summed E-state index contributed by atoms with van der Waals surface area (Å²) in [5, 5.41) is 14.3. The summed E-state index contributed by atoms with van der Waals surface area (Å²) in [6.45, 7) is 7.36. The minimum absolute atomic E-state index is 0.140. The third-order valence-corrected chi connectivity index (χ3v) is 3.77. The Kier molecular flexibility index (Phi) is 4.96. The highest BCUT2D eigenvalue weighted by atomic mass is 16.3. The molecule has 0 amide bonds. The topological polar surface area (TPSA) is 38.0 Å². The van der Waals surface area contributed by atoms with E-state index in [-0.39, 0.29) is 12.5 Å². The fourth-order valence-electron chi connectivity index (χ4n) is 2.59. The Morgan fingerprint density at radius 3 is 2.65 bits per heavy atom. The molecule has 0 radical (unpaired) electrons. The van der Waals surface area contributed by atoms with E-state index in [0.717, 1.165) is 25.1 Å². The fraction of sp³-hybridized carbons (Fsp3) is 0.471. The molecule has 1 atom stereocenters. The lowest BCUT2D eigenvalue weighted by molar-refractivity contribution is 0.262. The van der Waals surface area contributed by atoms with Crippen LogP contribution in [0.4, 0.5) is 0 Å². The van der Waals surface area contributed by atoms with Gasteiger partial charge in [0.25, 0.3) is 0 Å². The normalized spacial score (nSPS) is 12.6. The summed E-state index contributed by atoms with van der Waals surface area (Å²) in [5.74, 6) is 0.140. The zero-order chi connectivity index (χ0) is 14.5. The molecular weight excluding hydrogens is 248 g/mol. The van der Waals surface area contributed by atoms with Crippen LogP contribution >= 0.6 is 0 Å². The Morgan fingerprint density at radius 2 is 2.05 bits per heavy atom. The van der Waals surface area contributed by atoms with Gasteiger partial charge in [-0.25, -0.2) is 0 Å². The summed E-state index contributed by atoms with van der Waals surface area (Å²) in [7, 11) is 0. The molecule has 0 saturated heterocycles. The van der Waals surface area contributed by atoms with E-state index in [0.29, 0.717) is 0 Å². The molecule has 0 aliphatic carbocycles. The number of nitrogens with zero attached hydrogens (tertiary/aromatic N) is 2. The fourth-order valence-corrected chi connectivity index (χ4v) is 2.59. The van der Waals surface area contributed by atoms with Gasteiger partial charge in [-0.05, 0) is 38.3 Å². The van der Waals surface area contributed by atoms with Gasteiger partial charge in [0.05, 0.1) is 12.3 Å². The van der Waals surface area contributed by atoms with Crippen molar-refractivity contribution in [3.8, 4) is 0 Å². The van der Waals surface area contributed by atoms with Crippen molar-refractivity contribution in [2.45, 2.75) is 46.1 Å². The molecule has 1 aromatic carbocycles. The van der Waals surface area contributed by atoms with E-state index in [1.165, 1.54) is 16.8 Å². The van der Waals surface area contributed by atoms with Crippen molar-refractivity contribution in [2.24, 2.45) is 0 Å². The van der Waals surface area contributed by atoms with Crippen LogP contribution in [0.5, 0.6) is 0 Å². The van der Waals surface area contributed by atoms with E-state index in [9.17, 15) is 5.11 Å². The van der Waals surface area contributed by atoms with E-state index in [1.54, 1.807) is 0 Å². The standard InChI is InChI=1S/C17H24N2O/c1-4-16-11-17(19(5-2)18-16)10-15(12-20)14-8-6-7-13(3)9-14/h6-9,11,15,20H,4-5,10,12H2,1-3H3. The molecule has 0 spiro atoms. The van der Waals surface area contributed by atoms with Crippen LogP contribution in [0.2, 0.25) is 0 Å². The zero-order valence-electron chi connectivity index (χ0n) is 12.6. The number of aromatic nitrogens is 2. The molecular formula is C17H24N2O. The van der Waals surface area contributed by atoms with Crippen LogP contribution in [0.3, 0.4) is 0 Å². The summed E-state index contributed by atoms with van der Waals surface area (Å²) in [6, 6.07) is 10.6. The van der Waals surface area contributed by atoms with Gasteiger partial charge in [-0.1, -0.05) is 36.8 Å². The summed E-state index contributed by atoms with van der Waals surface area (Å²) < 4.78 is 2.05. The minimum atomic E-state index is 0.140. The predicted octanol–water partition coefficient (Wildman–Crippen LogP) is 3.09. The van der Waals surface area contributed by atoms with Gasteiger partial charge in [-0.3, -0.25) is 4.68 Å². The van der Waals surface area contributed by atoms with Crippen molar-refractivity contribution in [3.63, 3.8) is 0 Å². The van der Waals surface area contributed by atoms with Gasteiger partial charge in [-0.2, -0.15) is 5.10 Å². The largest absolute Gasteiger partial charge is 0.396 e. The third-order valence-electron chi connectivity index (χ3n) is 3.77. The summed E-state index contributed by atoms with van der Waals surface area (Å²) >= 11 is 0. The molecule has 0 fully saturated rings. The maximum absolute atomic E-state index is 9.73. The van der Waals surface area contributed by atoms with E-state index < -0.39 is 0 Å². The van der Waals surface area contributed by atoms with Crippen molar-refractivity contribution in [1.29, 1.82) is 0 Å². The second-order valence-corrected chi connectivity index (χ2v) is 5.29. The van der Waals surface area contributed by atoms with Crippen molar-refractivity contribution in [2.75, 3.05) is 6.61 Å². The molecule has 1 aromatic heterocycles. The number of rotatable bonds is 6. The van der Waals surface area contributed by atoms with Crippen LogP contribution in [0, 0.1) is 6.92 Å². The maximum Gasteiger partial charge on any atom is 0.0624 e. The molecule has 2 aromatic rings. The molecule has 1 heterocycles. The minimum Gasteiger partial charge on any atom is -0.396 e. The SMILES string of the molecule is CCc1cc(CC(CO)c2cccc(C)c2)n(CC)n1. The van der Waals surface area contributed by atoms with Gasteiger partial charge in [0, 0.05) is 18.2 Å². The van der Waals surface area contributed by atoms with Gasteiger partial charge >= 0.3 is 0 Å². The third kappa shape index (κ3) is 3.28. The van der Waals surface area contributed by atoms with Crippen LogP contribution in [0.1, 0.15) is 42.3 Å². The van der Waals surface area contributed by atoms with Gasteiger partial charge in [0.15, 0.2) is 0 Å². The van der Waals surface area contributed by atoms with Gasteiger partial charge in [0.1, 0.15) is 0 Å². The van der Waals surface area contributed by atoms with Gasteiger partial charge in [0.2, 0.25) is 0 Å². The molecule has 1 unspecified atom stereocenters. The molecule has 3 heteroatoms. The highest BCUT2D eigenvalue weighted by Gasteiger charge is 2.15. The Balaban J connectivity index is 2.24. The number of benzene rings is 1. The monoisotopic (exact) mass is 272 g/mol. The molecule has 3 nitrogen and oxygen atoms in total. The van der Waals surface area contributed by atoms with Crippen molar-refractivity contribution < 1.29 is 5.11 Å². The van der Waals surface area contributed by atoms with Crippen molar-refractivity contribution in [3.05, 3.63) is 52.8 Å². The van der Waals surface area contributed by atoms with Crippen LogP contribution < -0.4 is 0 Å². The lowest BCUT2D eigenvalue weighted by Crippen LogP contribution is -2.12. The first-order chi connectivity index (χ1) is 9.67. The molecule has 0 bridgehead atoms. The van der Waals surface area contributed by atoms with E-state index in [4.69, 9.17) is 0 Å². The van der Waals surface area contributed by atoms with E-state index in [1.807, 2.05) is 0 Å². The van der Waals surface area contributed by atoms with E-state index in [2.05, 4.69) is 60.9 Å². The average Bonchev–Trinajstić information content (AvgIpc) is 2.87. The van der Waals surface area contributed by atoms with Crippen molar-refractivity contribution in [1.82, 2.24) is 9.78 Å². The van der Waals surface area contributed by atoms with Crippen molar-refractivity contribution >= 4 is 0 Å². The second kappa shape index (κ2) is 6.71. The molecule has 0 saturated carbocycles.